The summed E-state index contributed by atoms with van der Waals surface area (Å²) >= 11 is 0. The van der Waals surface area contributed by atoms with Gasteiger partial charge in [-0.15, -0.1) is 0 Å². The lowest BCUT2D eigenvalue weighted by atomic mass is 10.1. The molecule has 1 aliphatic carbocycles. The second-order valence-electron chi connectivity index (χ2n) is 7.22. The molecule has 5 N–H and O–H groups in total. The molecule has 2 amide bonds. The Morgan fingerprint density at radius 3 is 2.92 bits per heavy atom. The van der Waals surface area contributed by atoms with Crippen LogP contribution in [0.5, 0.6) is 0 Å². The molecule has 0 aromatic carbocycles. The predicted molar refractivity (Wildman–Crippen MR) is 89.9 cm³/mol. The smallest absolute Gasteiger partial charge is 0.330 e. The second kappa shape index (κ2) is 7.34. The van der Waals surface area contributed by atoms with Crippen LogP contribution in [0.25, 0.3) is 0 Å². The number of carbonyl (C=O) groups excluding carboxylic acids is 2. The first-order chi connectivity index (χ1) is 12.3. The normalized spacial score (nSPS) is 39.8. The minimum atomic E-state index is -1.36. The molecule has 0 bridgehead atoms. The fourth-order valence-corrected chi connectivity index (χ4v) is 3.69. The van der Waals surface area contributed by atoms with E-state index in [2.05, 4.69) is 5.32 Å². The maximum atomic E-state index is 12.7. The highest BCUT2D eigenvalue weighted by molar-refractivity contribution is 5.95. The zero-order valence-corrected chi connectivity index (χ0v) is 14.5. The first-order valence-corrected chi connectivity index (χ1v) is 8.89. The van der Waals surface area contributed by atoms with E-state index in [1.165, 1.54) is 4.90 Å². The number of nitrogens with two attached hydrogens (primary N) is 1. The molecule has 9 heteroatoms. The molecule has 0 radical (unpaired) electrons. The fourth-order valence-electron chi connectivity index (χ4n) is 3.69. The third-order valence-corrected chi connectivity index (χ3v) is 5.31. The van der Waals surface area contributed by atoms with E-state index in [1.54, 1.807) is 12.2 Å². The lowest BCUT2D eigenvalue weighted by Gasteiger charge is -2.27. The summed E-state index contributed by atoms with van der Waals surface area (Å²) in [6.07, 6.45) is 4.02. The number of aliphatic carboxylic acids is 1. The quantitative estimate of drug-likeness (QED) is 0.418. The van der Waals surface area contributed by atoms with Crippen LogP contribution in [0, 0.1) is 5.92 Å². The number of aliphatic hydroxyl groups is 1. The molecule has 1 saturated carbocycles. The maximum absolute atomic E-state index is 12.7. The first kappa shape index (κ1) is 18.8. The number of nitrogens with one attached hydrogen (secondary N) is 1. The number of nitrogens with zero attached hydrogens (tertiary/aromatic N) is 1. The summed E-state index contributed by atoms with van der Waals surface area (Å²) in [6, 6.07) is -1.70. The summed E-state index contributed by atoms with van der Waals surface area (Å²) in [5.74, 6) is -2.41. The molecule has 26 heavy (non-hydrogen) atoms. The van der Waals surface area contributed by atoms with Crippen molar-refractivity contribution in [3.63, 3.8) is 0 Å². The Morgan fingerprint density at radius 2 is 2.19 bits per heavy atom. The molecule has 2 aliphatic heterocycles. The molecule has 3 aliphatic rings. The molecule has 0 aromatic heterocycles. The molecular weight excluding hydrogens is 342 g/mol. The van der Waals surface area contributed by atoms with Crippen molar-refractivity contribution in [1.29, 1.82) is 0 Å². The van der Waals surface area contributed by atoms with Crippen molar-refractivity contribution in [2.24, 2.45) is 11.7 Å². The fraction of sp³-hybridized carbons (Fsp3) is 0.706. The lowest BCUT2D eigenvalue weighted by molar-refractivity contribution is -0.145. The van der Waals surface area contributed by atoms with Gasteiger partial charge in [0.25, 0.3) is 0 Å². The minimum Gasteiger partial charge on any atom is -0.479 e. The monoisotopic (exact) mass is 367 g/mol. The lowest BCUT2D eigenvalue weighted by Crippen LogP contribution is -2.55. The van der Waals surface area contributed by atoms with E-state index in [1.807, 2.05) is 0 Å². The van der Waals surface area contributed by atoms with Crippen molar-refractivity contribution in [2.45, 2.75) is 49.4 Å². The van der Waals surface area contributed by atoms with Gasteiger partial charge in [0, 0.05) is 25.5 Å². The zero-order valence-electron chi connectivity index (χ0n) is 14.5. The SMILES string of the molecule is N[C@H]1CCCOC/C=C\[C@@H]2C[C@@]2(C(=O)O)NC(=O)[C@@H]2C[C@@H](O)CN2C1=O. The topological polar surface area (TPSA) is 142 Å². The number of carboxylic acids is 1. The van der Waals surface area contributed by atoms with E-state index >= 15 is 0 Å². The van der Waals surface area contributed by atoms with Gasteiger partial charge in [0.2, 0.25) is 11.8 Å². The van der Waals surface area contributed by atoms with Gasteiger partial charge in [0.1, 0.15) is 11.6 Å². The van der Waals surface area contributed by atoms with Gasteiger partial charge in [-0.1, -0.05) is 12.2 Å². The summed E-state index contributed by atoms with van der Waals surface area (Å²) in [5.41, 5.74) is 4.58. The minimum absolute atomic E-state index is 0.0184. The molecule has 2 heterocycles. The highest BCUT2D eigenvalue weighted by atomic mass is 16.5. The predicted octanol–water partition coefficient (Wildman–Crippen LogP) is -1.40. The van der Waals surface area contributed by atoms with Crippen LogP contribution in [0.1, 0.15) is 25.7 Å². The van der Waals surface area contributed by atoms with E-state index < -0.39 is 41.5 Å². The Labute approximate surface area is 151 Å². The van der Waals surface area contributed by atoms with Crippen LogP contribution in [0.3, 0.4) is 0 Å². The van der Waals surface area contributed by atoms with Gasteiger partial charge >= 0.3 is 5.97 Å². The van der Waals surface area contributed by atoms with Crippen molar-refractivity contribution in [2.75, 3.05) is 19.8 Å². The molecule has 0 spiro atoms. The van der Waals surface area contributed by atoms with Crippen LogP contribution in [0.2, 0.25) is 0 Å². The van der Waals surface area contributed by atoms with E-state index in [9.17, 15) is 24.6 Å². The summed E-state index contributed by atoms with van der Waals surface area (Å²) in [4.78, 5) is 38.3. The standard InChI is InChI=1S/C17H25N3O6/c18-12-4-2-6-26-5-1-3-10-8-17(10,16(24)25)19-14(22)13-7-11(21)9-20(13)15(12)23/h1,3,10-13,21H,2,4-9,18H2,(H,19,22)(H,24,25)/b3-1-/t10-,11-,12+,13+,17-/m1/s1. The van der Waals surface area contributed by atoms with Crippen molar-refractivity contribution < 1.29 is 29.3 Å². The van der Waals surface area contributed by atoms with Crippen LogP contribution < -0.4 is 11.1 Å². The van der Waals surface area contributed by atoms with E-state index in [-0.39, 0.29) is 25.3 Å². The van der Waals surface area contributed by atoms with Gasteiger partial charge in [-0.05, 0) is 19.3 Å². The van der Waals surface area contributed by atoms with E-state index in [4.69, 9.17) is 10.5 Å². The van der Waals surface area contributed by atoms with Crippen LogP contribution in [-0.2, 0) is 19.1 Å². The van der Waals surface area contributed by atoms with Gasteiger partial charge < -0.3 is 30.9 Å². The maximum Gasteiger partial charge on any atom is 0.330 e. The molecule has 144 valence electrons. The van der Waals surface area contributed by atoms with Gasteiger partial charge in [-0.2, -0.15) is 0 Å². The summed E-state index contributed by atoms with van der Waals surface area (Å²) in [7, 11) is 0. The average Bonchev–Trinajstić information content (AvgIpc) is 3.14. The molecule has 0 aromatic rings. The van der Waals surface area contributed by atoms with Gasteiger partial charge in [-0.3, -0.25) is 9.59 Å². The Kier molecular flexibility index (Phi) is 5.31. The van der Waals surface area contributed by atoms with Crippen molar-refractivity contribution in [1.82, 2.24) is 10.2 Å². The summed E-state index contributed by atoms with van der Waals surface area (Å²) < 4.78 is 5.44. The number of hydrogen-bond donors (Lipinski definition) is 4. The van der Waals surface area contributed by atoms with Gasteiger partial charge in [0.05, 0.1) is 18.8 Å². The molecule has 0 unspecified atom stereocenters. The molecule has 2 fully saturated rings. The Morgan fingerprint density at radius 1 is 1.42 bits per heavy atom. The molecule has 1 saturated heterocycles. The third kappa shape index (κ3) is 3.60. The molecular formula is C17H25N3O6. The average molecular weight is 367 g/mol. The Bertz CT molecular complexity index is 624. The summed E-state index contributed by atoms with van der Waals surface area (Å²) in [6.45, 7) is 0.790. The zero-order chi connectivity index (χ0) is 18.9. The van der Waals surface area contributed by atoms with Crippen LogP contribution in [0.4, 0.5) is 0 Å². The highest BCUT2D eigenvalue weighted by Crippen LogP contribution is 2.45. The number of hydrogen-bond acceptors (Lipinski definition) is 6. The van der Waals surface area contributed by atoms with Crippen molar-refractivity contribution in [3.05, 3.63) is 12.2 Å². The molecule has 3 rings (SSSR count). The Balaban J connectivity index is 1.83. The number of fused-ring (bicyclic) bond motifs is 2. The third-order valence-electron chi connectivity index (χ3n) is 5.31. The number of carbonyl (C=O) groups is 3. The second-order valence-corrected chi connectivity index (χ2v) is 7.22. The number of ether oxygens (including phenoxy) is 1. The number of aliphatic hydroxyl groups excluding tert-OH is 1. The first-order valence-electron chi connectivity index (χ1n) is 8.89. The van der Waals surface area contributed by atoms with E-state index in [0.717, 1.165) is 0 Å². The highest BCUT2D eigenvalue weighted by Gasteiger charge is 2.61. The van der Waals surface area contributed by atoms with Crippen LogP contribution in [0.15, 0.2) is 12.2 Å². The van der Waals surface area contributed by atoms with Crippen molar-refractivity contribution >= 4 is 17.8 Å². The molecule has 9 nitrogen and oxygen atoms in total. The van der Waals surface area contributed by atoms with Crippen LogP contribution >= 0.6 is 0 Å². The van der Waals surface area contributed by atoms with Gasteiger partial charge in [-0.25, -0.2) is 4.79 Å². The van der Waals surface area contributed by atoms with Crippen molar-refractivity contribution in [3.8, 4) is 0 Å². The number of rotatable bonds is 1. The largest absolute Gasteiger partial charge is 0.479 e. The van der Waals surface area contributed by atoms with Crippen LogP contribution in [-0.4, -0.2) is 76.4 Å². The van der Waals surface area contributed by atoms with E-state index in [0.29, 0.717) is 26.1 Å². The summed E-state index contributed by atoms with van der Waals surface area (Å²) in [5, 5.41) is 22.1. The Hall–Kier alpha value is -1.97. The number of amides is 2. The molecule has 5 atom stereocenters. The number of carboxylic acid groups (broad SMARTS) is 1. The van der Waals surface area contributed by atoms with Gasteiger partial charge in [0.15, 0.2) is 0 Å².